The summed E-state index contributed by atoms with van der Waals surface area (Å²) in [6.45, 7) is 0.698. The van der Waals surface area contributed by atoms with Crippen molar-refractivity contribution >= 4 is 28.2 Å². The standard InChI is InChI=1S/C15H14IN3O/c1-17-10-12-15(18-14-8-4-5-9-19(12)14)20-13-7-3-2-6-11(13)16/h2-9,17H,10H2,1H3. The first-order valence-electron chi connectivity index (χ1n) is 6.32. The van der Waals surface area contributed by atoms with Crippen LogP contribution in [0, 0.1) is 3.57 Å². The predicted octanol–water partition coefficient (Wildman–Crippen LogP) is 3.45. The van der Waals surface area contributed by atoms with Crippen molar-refractivity contribution in [3.05, 3.63) is 57.9 Å². The van der Waals surface area contributed by atoms with Crippen LogP contribution in [-0.4, -0.2) is 16.4 Å². The summed E-state index contributed by atoms with van der Waals surface area (Å²) in [6.07, 6.45) is 2.00. The lowest BCUT2D eigenvalue weighted by Gasteiger charge is -2.07. The summed E-state index contributed by atoms with van der Waals surface area (Å²) in [7, 11) is 1.92. The number of para-hydroxylation sites is 1. The molecule has 0 radical (unpaired) electrons. The number of fused-ring (bicyclic) bond motifs is 1. The van der Waals surface area contributed by atoms with Gasteiger partial charge in [0.1, 0.15) is 17.1 Å². The molecule has 0 fully saturated rings. The molecule has 1 N–H and O–H groups in total. The van der Waals surface area contributed by atoms with E-state index >= 15 is 0 Å². The molecule has 0 aliphatic rings. The molecule has 3 rings (SSSR count). The van der Waals surface area contributed by atoms with Crippen LogP contribution in [-0.2, 0) is 6.54 Å². The van der Waals surface area contributed by atoms with E-state index in [-0.39, 0.29) is 0 Å². The molecule has 4 nitrogen and oxygen atoms in total. The zero-order valence-electron chi connectivity index (χ0n) is 11.0. The summed E-state index contributed by atoms with van der Waals surface area (Å²) in [5.74, 6) is 1.48. The number of hydrogen-bond acceptors (Lipinski definition) is 3. The average Bonchev–Trinajstić information content (AvgIpc) is 2.80. The molecule has 2 aromatic heterocycles. The molecule has 0 aliphatic carbocycles. The number of hydrogen-bond donors (Lipinski definition) is 1. The zero-order valence-corrected chi connectivity index (χ0v) is 13.2. The Kier molecular flexibility index (Phi) is 3.88. The van der Waals surface area contributed by atoms with Gasteiger partial charge in [0.2, 0.25) is 5.88 Å². The molecule has 0 spiro atoms. The summed E-state index contributed by atoms with van der Waals surface area (Å²) < 4.78 is 9.11. The minimum atomic E-state index is 0.648. The van der Waals surface area contributed by atoms with E-state index in [0.29, 0.717) is 12.4 Å². The van der Waals surface area contributed by atoms with E-state index in [4.69, 9.17) is 4.74 Å². The van der Waals surface area contributed by atoms with Gasteiger partial charge in [-0.25, -0.2) is 0 Å². The molecule has 5 heteroatoms. The Morgan fingerprint density at radius 3 is 2.80 bits per heavy atom. The number of aromatic nitrogens is 2. The number of pyridine rings is 1. The molecule has 102 valence electrons. The van der Waals surface area contributed by atoms with E-state index in [1.54, 1.807) is 0 Å². The molecule has 0 unspecified atom stereocenters. The highest BCUT2D eigenvalue weighted by Gasteiger charge is 2.14. The molecule has 0 aliphatic heterocycles. The fourth-order valence-electron chi connectivity index (χ4n) is 2.07. The van der Waals surface area contributed by atoms with Crippen molar-refractivity contribution in [2.75, 3.05) is 7.05 Å². The van der Waals surface area contributed by atoms with Crippen LogP contribution in [0.2, 0.25) is 0 Å². The molecule has 20 heavy (non-hydrogen) atoms. The lowest BCUT2D eigenvalue weighted by Crippen LogP contribution is -2.08. The van der Waals surface area contributed by atoms with Crippen molar-refractivity contribution in [3.8, 4) is 11.6 Å². The normalized spacial score (nSPS) is 10.9. The summed E-state index contributed by atoms with van der Waals surface area (Å²) in [4.78, 5) is 4.57. The highest BCUT2D eigenvalue weighted by molar-refractivity contribution is 14.1. The van der Waals surface area contributed by atoms with Crippen molar-refractivity contribution in [1.82, 2.24) is 14.7 Å². The largest absolute Gasteiger partial charge is 0.436 e. The molecule has 0 amide bonds. The van der Waals surface area contributed by atoms with Gasteiger partial charge in [-0.15, -0.1) is 0 Å². The first-order valence-corrected chi connectivity index (χ1v) is 7.40. The Morgan fingerprint density at radius 2 is 2.00 bits per heavy atom. The molecule has 3 aromatic rings. The number of ether oxygens (including phenoxy) is 1. The Morgan fingerprint density at radius 1 is 1.20 bits per heavy atom. The second-order valence-corrected chi connectivity index (χ2v) is 5.52. The molecular formula is C15H14IN3O. The monoisotopic (exact) mass is 379 g/mol. The molecule has 0 bridgehead atoms. The van der Waals surface area contributed by atoms with Crippen molar-refractivity contribution < 1.29 is 4.74 Å². The summed E-state index contributed by atoms with van der Waals surface area (Å²) in [5.41, 5.74) is 1.90. The maximum Gasteiger partial charge on any atom is 0.242 e. The number of imidazole rings is 1. The van der Waals surface area contributed by atoms with Crippen LogP contribution in [0.4, 0.5) is 0 Å². The molecule has 0 saturated carbocycles. The Bertz CT molecular complexity index is 739. The van der Waals surface area contributed by atoms with Crippen molar-refractivity contribution in [3.63, 3.8) is 0 Å². The average molecular weight is 379 g/mol. The van der Waals surface area contributed by atoms with Gasteiger partial charge in [-0.3, -0.25) is 4.40 Å². The Labute approximate surface area is 130 Å². The van der Waals surface area contributed by atoms with Gasteiger partial charge in [-0.2, -0.15) is 4.98 Å². The van der Waals surface area contributed by atoms with Gasteiger partial charge in [0.25, 0.3) is 0 Å². The minimum Gasteiger partial charge on any atom is -0.436 e. The van der Waals surface area contributed by atoms with Crippen LogP contribution >= 0.6 is 22.6 Å². The zero-order chi connectivity index (χ0) is 13.9. The number of rotatable bonds is 4. The summed E-state index contributed by atoms with van der Waals surface area (Å²) in [5, 5.41) is 3.16. The second kappa shape index (κ2) is 5.80. The minimum absolute atomic E-state index is 0.648. The van der Waals surface area contributed by atoms with Gasteiger partial charge in [-0.05, 0) is 53.9 Å². The highest BCUT2D eigenvalue weighted by atomic mass is 127. The van der Waals surface area contributed by atoms with Crippen LogP contribution in [0.3, 0.4) is 0 Å². The third-order valence-corrected chi connectivity index (χ3v) is 3.87. The van der Waals surface area contributed by atoms with E-state index in [1.807, 2.05) is 60.1 Å². The topological polar surface area (TPSA) is 38.6 Å². The lowest BCUT2D eigenvalue weighted by molar-refractivity contribution is 0.454. The van der Waals surface area contributed by atoms with E-state index in [9.17, 15) is 0 Å². The van der Waals surface area contributed by atoms with Gasteiger partial charge in [0.05, 0.1) is 3.57 Å². The van der Waals surface area contributed by atoms with Gasteiger partial charge in [-0.1, -0.05) is 18.2 Å². The van der Waals surface area contributed by atoms with Gasteiger partial charge in [0, 0.05) is 12.7 Å². The van der Waals surface area contributed by atoms with Crippen LogP contribution in [0.5, 0.6) is 11.6 Å². The quantitative estimate of drug-likeness (QED) is 0.706. The molecule has 2 heterocycles. The number of halogens is 1. The second-order valence-electron chi connectivity index (χ2n) is 4.36. The van der Waals surface area contributed by atoms with E-state index in [0.717, 1.165) is 20.7 Å². The van der Waals surface area contributed by atoms with Gasteiger partial charge >= 0.3 is 0 Å². The van der Waals surface area contributed by atoms with Crippen LogP contribution in [0.25, 0.3) is 5.65 Å². The van der Waals surface area contributed by atoms with E-state index in [2.05, 4.69) is 32.9 Å². The summed E-state index contributed by atoms with van der Waals surface area (Å²) in [6, 6.07) is 13.9. The third-order valence-electron chi connectivity index (χ3n) is 2.98. The molecular weight excluding hydrogens is 365 g/mol. The number of benzene rings is 1. The fraction of sp³-hybridized carbons (Fsp3) is 0.133. The molecule has 1 aromatic carbocycles. The first-order chi connectivity index (χ1) is 9.79. The smallest absolute Gasteiger partial charge is 0.242 e. The van der Waals surface area contributed by atoms with Gasteiger partial charge < -0.3 is 10.1 Å². The Balaban J connectivity index is 2.06. The van der Waals surface area contributed by atoms with E-state index < -0.39 is 0 Å². The third kappa shape index (κ3) is 2.51. The number of nitrogens with zero attached hydrogens (tertiary/aromatic N) is 2. The van der Waals surface area contributed by atoms with Gasteiger partial charge in [0.15, 0.2) is 0 Å². The highest BCUT2D eigenvalue weighted by Crippen LogP contribution is 2.29. The molecule has 0 saturated heterocycles. The maximum absolute atomic E-state index is 6.00. The number of nitrogens with one attached hydrogen (secondary N) is 1. The van der Waals surface area contributed by atoms with Crippen molar-refractivity contribution in [1.29, 1.82) is 0 Å². The Hall–Kier alpha value is -1.60. The van der Waals surface area contributed by atoms with E-state index in [1.165, 1.54) is 0 Å². The maximum atomic E-state index is 6.00. The van der Waals surface area contributed by atoms with Crippen molar-refractivity contribution in [2.45, 2.75) is 6.54 Å². The van der Waals surface area contributed by atoms with Crippen molar-refractivity contribution in [2.24, 2.45) is 0 Å². The fourth-order valence-corrected chi connectivity index (χ4v) is 2.56. The van der Waals surface area contributed by atoms with Crippen LogP contribution < -0.4 is 10.1 Å². The molecule has 0 atom stereocenters. The SMILES string of the molecule is CNCc1c(Oc2ccccc2I)nc2ccccn12. The lowest BCUT2D eigenvalue weighted by atomic mass is 10.3. The predicted molar refractivity (Wildman–Crippen MR) is 87.2 cm³/mol. The van der Waals surface area contributed by atoms with Crippen LogP contribution in [0.15, 0.2) is 48.7 Å². The first kappa shape index (κ1) is 13.4. The van der Waals surface area contributed by atoms with Crippen LogP contribution in [0.1, 0.15) is 5.69 Å². The summed E-state index contributed by atoms with van der Waals surface area (Å²) >= 11 is 2.26.